The number of aryl methyl sites for hydroxylation is 3. The highest BCUT2D eigenvalue weighted by Crippen LogP contribution is 2.43. The highest BCUT2D eigenvalue weighted by Gasteiger charge is 2.38. The quantitative estimate of drug-likeness (QED) is 0.390. The first-order valence-corrected chi connectivity index (χ1v) is 12.0. The minimum atomic E-state index is -0.904. The van der Waals surface area contributed by atoms with Gasteiger partial charge in [0.25, 0.3) is 0 Å². The minimum Gasteiger partial charge on any atom is -0.497 e. The molecule has 0 bridgehead atoms. The smallest absolute Gasteiger partial charge is 0.309 e. The van der Waals surface area contributed by atoms with E-state index in [-0.39, 0.29) is 5.92 Å². The van der Waals surface area contributed by atoms with Gasteiger partial charge < -0.3 is 14.6 Å². The molecule has 1 aromatic carbocycles. The molecule has 3 rings (SSSR count). The average Bonchev–Trinajstić information content (AvgIpc) is 3.40. The van der Waals surface area contributed by atoms with Gasteiger partial charge in [0.2, 0.25) is 0 Å². The van der Waals surface area contributed by atoms with Crippen LogP contribution in [0.5, 0.6) is 5.75 Å². The minimum absolute atomic E-state index is 0.138. The molecule has 0 fully saturated rings. The van der Waals surface area contributed by atoms with Crippen LogP contribution in [-0.2, 0) is 35.7 Å². The highest BCUT2D eigenvalue weighted by molar-refractivity contribution is 7.12. The van der Waals surface area contributed by atoms with E-state index in [0.717, 1.165) is 38.9 Å². The molecular formula is C25H33N3O4S. The van der Waals surface area contributed by atoms with Gasteiger partial charge >= 0.3 is 5.97 Å². The Bertz CT molecular complexity index is 1060. The van der Waals surface area contributed by atoms with Crippen LogP contribution in [0, 0.1) is 12.3 Å². The molecule has 2 aromatic heterocycles. The van der Waals surface area contributed by atoms with Crippen molar-refractivity contribution in [3.63, 3.8) is 0 Å². The molecule has 178 valence electrons. The first-order chi connectivity index (χ1) is 15.7. The van der Waals surface area contributed by atoms with E-state index in [1.807, 2.05) is 37.4 Å². The van der Waals surface area contributed by atoms with Gasteiger partial charge in [0.05, 0.1) is 31.4 Å². The molecule has 3 aromatic rings. The Morgan fingerprint density at radius 1 is 1.24 bits per heavy atom. The lowest BCUT2D eigenvalue weighted by atomic mass is 9.75. The summed E-state index contributed by atoms with van der Waals surface area (Å²) in [6.07, 6.45) is 3.30. The van der Waals surface area contributed by atoms with E-state index >= 15 is 0 Å². The number of carbonyl (C=O) groups is 1. The average molecular weight is 472 g/mol. The topological polar surface area (TPSA) is 86.5 Å². The van der Waals surface area contributed by atoms with Crippen LogP contribution in [0.3, 0.4) is 0 Å². The van der Waals surface area contributed by atoms with E-state index in [4.69, 9.17) is 9.47 Å². The summed E-state index contributed by atoms with van der Waals surface area (Å²) in [5, 5.41) is 18.3. The number of ether oxygens (including phenoxy) is 2. The van der Waals surface area contributed by atoms with Crippen molar-refractivity contribution in [3.8, 4) is 5.75 Å². The maximum absolute atomic E-state index is 12.1. The third-order valence-corrected chi connectivity index (χ3v) is 7.30. The number of hydrogen-bond donors (Lipinski definition) is 1. The van der Waals surface area contributed by atoms with Crippen LogP contribution in [-0.4, -0.2) is 33.2 Å². The van der Waals surface area contributed by atoms with Gasteiger partial charge in [0.15, 0.2) is 0 Å². The fraction of sp³-hybridized carbons (Fsp3) is 0.480. The van der Waals surface area contributed by atoms with Crippen molar-refractivity contribution < 1.29 is 19.4 Å². The van der Waals surface area contributed by atoms with E-state index in [1.165, 1.54) is 0 Å². The number of rotatable bonds is 12. The molecular weight excluding hydrogens is 438 g/mol. The molecule has 0 amide bonds. The molecule has 8 heteroatoms. The van der Waals surface area contributed by atoms with Gasteiger partial charge in [-0.25, -0.2) is 0 Å². The van der Waals surface area contributed by atoms with E-state index in [9.17, 15) is 9.90 Å². The third-order valence-electron chi connectivity index (χ3n) is 6.09. The van der Waals surface area contributed by atoms with Crippen LogP contribution in [0.1, 0.15) is 59.7 Å². The summed E-state index contributed by atoms with van der Waals surface area (Å²) in [7, 11) is 1.65. The second-order valence-corrected chi connectivity index (χ2v) is 10.0. The summed E-state index contributed by atoms with van der Waals surface area (Å²) < 4.78 is 12.9. The van der Waals surface area contributed by atoms with Crippen LogP contribution < -0.4 is 4.74 Å². The monoisotopic (exact) mass is 471 g/mol. The number of carboxylic acids is 1. The van der Waals surface area contributed by atoms with Gasteiger partial charge in [0.1, 0.15) is 5.75 Å². The van der Waals surface area contributed by atoms with E-state index in [0.29, 0.717) is 26.1 Å². The molecule has 0 aliphatic heterocycles. The van der Waals surface area contributed by atoms with Crippen LogP contribution in [0.15, 0.2) is 36.5 Å². The molecule has 0 saturated carbocycles. The van der Waals surface area contributed by atoms with Gasteiger partial charge in [0, 0.05) is 28.4 Å². The Morgan fingerprint density at radius 2 is 1.97 bits per heavy atom. The summed E-state index contributed by atoms with van der Waals surface area (Å²) in [5.74, 6) is -0.115. The molecule has 0 spiro atoms. The largest absolute Gasteiger partial charge is 0.497 e. The fourth-order valence-electron chi connectivity index (χ4n) is 3.77. The van der Waals surface area contributed by atoms with Gasteiger partial charge in [-0.05, 0) is 69.9 Å². The maximum atomic E-state index is 12.1. The normalized spacial score (nSPS) is 12.6. The van der Waals surface area contributed by atoms with E-state index in [1.54, 1.807) is 37.0 Å². The SMILES string of the molecule is CCn1cc(CC[C@@H](c2cc(COCc3ccc(OC)cc3)c(C)s2)C(C)(C)C(=O)O)nn1. The Kier molecular flexibility index (Phi) is 8.26. The third kappa shape index (κ3) is 6.21. The molecule has 2 heterocycles. The summed E-state index contributed by atoms with van der Waals surface area (Å²) in [6.45, 7) is 9.45. The molecule has 0 saturated heterocycles. The number of methoxy groups -OCH3 is 1. The van der Waals surface area contributed by atoms with Crippen LogP contribution in [0.4, 0.5) is 0 Å². The molecule has 0 aliphatic rings. The lowest BCUT2D eigenvalue weighted by molar-refractivity contribution is -0.148. The Morgan fingerprint density at radius 3 is 2.58 bits per heavy atom. The van der Waals surface area contributed by atoms with Crippen molar-refractivity contribution in [1.82, 2.24) is 15.0 Å². The van der Waals surface area contributed by atoms with E-state index < -0.39 is 11.4 Å². The number of hydrogen-bond acceptors (Lipinski definition) is 6. The molecule has 0 radical (unpaired) electrons. The second kappa shape index (κ2) is 10.9. The van der Waals surface area contributed by atoms with Gasteiger partial charge in [-0.15, -0.1) is 16.4 Å². The lowest BCUT2D eigenvalue weighted by Crippen LogP contribution is -2.31. The molecule has 1 atom stereocenters. The maximum Gasteiger partial charge on any atom is 0.309 e. The van der Waals surface area contributed by atoms with Crippen molar-refractivity contribution in [2.24, 2.45) is 5.41 Å². The molecule has 33 heavy (non-hydrogen) atoms. The van der Waals surface area contributed by atoms with Gasteiger partial charge in [-0.3, -0.25) is 9.48 Å². The van der Waals surface area contributed by atoms with Crippen LogP contribution >= 0.6 is 11.3 Å². The number of thiophene rings is 1. The number of carboxylic acid groups (broad SMARTS) is 1. The summed E-state index contributed by atoms with van der Waals surface area (Å²) in [5.41, 5.74) is 2.17. The molecule has 7 nitrogen and oxygen atoms in total. The standard InChI is InChI=1S/C25H33N3O4S/c1-6-28-14-20(26-27-28)9-12-22(25(3,4)24(29)30)23-13-19(17(2)33-23)16-32-15-18-7-10-21(31-5)11-8-18/h7-8,10-11,13-14,22H,6,9,12,15-16H2,1-5H3,(H,29,30)/t22-/m0/s1. The highest BCUT2D eigenvalue weighted by atomic mass is 32.1. The van der Waals surface area contributed by atoms with Crippen LogP contribution in [0.2, 0.25) is 0 Å². The van der Waals surface area contributed by atoms with Crippen molar-refractivity contribution in [3.05, 3.63) is 63.1 Å². The first-order valence-electron chi connectivity index (χ1n) is 11.2. The van der Waals surface area contributed by atoms with Crippen molar-refractivity contribution in [2.75, 3.05) is 7.11 Å². The molecule has 0 aliphatic carbocycles. The number of nitrogens with zero attached hydrogens (tertiary/aromatic N) is 3. The second-order valence-electron chi connectivity index (χ2n) is 8.75. The Hall–Kier alpha value is -2.71. The van der Waals surface area contributed by atoms with Gasteiger partial charge in [-0.1, -0.05) is 17.3 Å². The predicted molar refractivity (Wildman–Crippen MR) is 129 cm³/mol. The number of aliphatic carboxylic acids is 1. The zero-order valence-electron chi connectivity index (χ0n) is 20.0. The zero-order chi connectivity index (χ0) is 24.0. The predicted octanol–water partition coefficient (Wildman–Crippen LogP) is 5.22. The first kappa shape index (κ1) is 24.9. The Labute approximate surface area is 199 Å². The van der Waals surface area contributed by atoms with Crippen molar-refractivity contribution in [2.45, 2.75) is 66.2 Å². The van der Waals surface area contributed by atoms with Crippen molar-refractivity contribution in [1.29, 1.82) is 0 Å². The zero-order valence-corrected chi connectivity index (χ0v) is 20.8. The van der Waals surface area contributed by atoms with Crippen molar-refractivity contribution >= 4 is 17.3 Å². The molecule has 1 N–H and O–H groups in total. The number of benzene rings is 1. The summed E-state index contributed by atoms with van der Waals surface area (Å²) in [4.78, 5) is 14.3. The lowest BCUT2D eigenvalue weighted by Gasteiger charge is -2.29. The molecule has 0 unspecified atom stereocenters. The van der Waals surface area contributed by atoms with Crippen LogP contribution in [0.25, 0.3) is 0 Å². The van der Waals surface area contributed by atoms with E-state index in [2.05, 4.69) is 23.3 Å². The Balaban J connectivity index is 1.70. The summed E-state index contributed by atoms with van der Waals surface area (Å²) >= 11 is 1.66. The summed E-state index contributed by atoms with van der Waals surface area (Å²) in [6, 6.07) is 9.94. The number of aromatic nitrogens is 3. The van der Waals surface area contributed by atoms with Gasteiger partial charge in [-0.2, -0.15) is 0 Å². The fourth-order valence-corrected chi connectivity index (χ4v) is 5.13.